The fraction of sp³-hybridized carbons (Fsp3) is 0.444. The number of aromatic nitrogens is 1. The summed E-state index contributed by atoms with van der Waals surface area (Å²) < 4.78 is 2.33. The van der Waals surface area contributed by atoms with E-state index < -0.39 is 0 Å². The second-order valence-electron chi connectivity index (χ2n) is 9.17. The highest BCUT2D eigenvalue weighted by Gasteiger charge is 2.28. The lowest BCUT2D eigenvalue weighted by Gasteiger charge is -2.34. The summed E-state index contributed by atoms with van der Waals surface area (Å²) >= 11 is 0. The summed E-state index contributed by atoms with van der Waals surface area (Å²) in [5.41, 5.74) is 5.15. The minimum Gasteiger partial charge on any atom is -0.353 e. The number of carbonyl (C=O) groups excluding carboxylic acids is 1. The summed E-state index contributed by atoms with van der Waals surface area (Å²) in [6.45, 7) is 7.62. The number of benzene rings is 2. The van der Waals surface area contributed by atoms with Gasteiger partial charge in [0.25, 0.3) is 0 Å². The van der Waals surface area contributed by atoms with Crippen LogP contribution in [0.15, 0.2) is 54.7 Å². The Balaban J connectivity index is 1.47. The lowest BCUT2D eigenvalue weighted by molar-refractivity contribution is -0.122. The second kappa shape index (κ2) is 9.07. The average molecular weight is 403 g/mol. The zero-order valence-electron chi connectivity index (χ0n) is 18.5. The molecular weight excluding hydrogens is 368 g/mol. The molecule has 3 nitrogen and oxygen atoms in total. The molecule has 1 heterocycles. The number of rotatable bonds is 6. The van der Waals surface area contributed by atoms with Crippen molar-refractivity contribution in [2.75, 3.05) is 0 Å². The van der Waals surface area contributed by atoms with Crippen molar-refractivity contribution in [1.82, 2.24) is 9.88 Å². The van der Waals surface area contributed by atoms with Crippen LogP contribution in [-0.4, -0.2) is 16.5 Å². The molecule has 158 valence electrons. The minimum atomic E-state index is 0.191. The van der Waals surface area contributed by atoms with E-state index >= 15 is 0 Å². The molecule has 30 heavy (non-hydrogen) atoms. The number of hydrogen-bond donors (Lipinski definition) is 1. The van der Waals surface area contributed by atoms with Crippen molar-refractivity contribution in [2.45, 2.75) is 65.5 Å². The molecule has 0 aliphatic heterocycles. The van der Waals surface area contributed by atoms with Gasteiger partial charge in [-0.1, -0.05) is 69.2 Å². The first-order valence-corrected chi connectivity index (χ1v) is 11.4. The maximum absolute atomic E-state index is 12.7. The summed E-state index contributed by atoms with van der Waals surface area (Å²) in [6.07, 6.45) is 7.21. The third-order valence-electron chi connectivity index (χ3n) is 7.15. The fourth-order valence-corrected chi connectivity index (χ4v) is 4.94. The number of aryl methyl sites for hydroxylation is 2. The molecular formula is C27H34N2O. The largest absolute Gasteiger partial charge is 0.353 e. The van der Waals surface area contributed by atoms with E-state index in [-0.39, 0.29) is 5.91 Å². The first kappa shape index (κ1) is 20.7. The van der Waals surface area contributed by atoms with Crippen LogP contribution in [0.1, 0.15) is 56.2 Å². The van der Waals surface area contributed by atoms with Crippen LogP contribution in [0.4, 0.5) is 0 Å². The van der Waals surface area contributed by atoms with Crippen molar-refractivity contribution in [3.05, 3.63) is 71.4 Å². The van der Waals surface area contributed by atoms with Gasteiger partial charge in [-0.05, 0) is 54.4 Å². The van der Waals surface area contributed by atoms with Crippen LogP contribution in [0.2, 0.25) is 0 Å². The molecule has 1 aromatic heterocycles. The molecule has 0 bridgehead atoms. The number of para-hydroxylation sites is 1. The zero-order valence-corrected chi connectivity index (χ0v) is 18.5. The van der Waals surface area contributed by atoms with Crippen LogP contribution in [0.25, 0.3) is 10.9 Å². The lowest BCUT2D eigenvalue weighted by atomic mass is 9.78. The summed E-state index contributed by atoms with van der Waals surface area (Å²) in [5, 5.41) is 4.59. The third kappa shape index (κ3) is 4.45. The van der Waals surface area contributed by atoms with Gasteiger partial charge in [-0.2, -0.15) is 0 Å². The fourth-order valence-electron chi connectivity index (χ4n) is 4.94. The Labute approximate surface area is 180 Å². The van der Waals surface area contributed by atoms with Crippen LogP contribution < -0.4 is 5.32 Å². The van der Waals surface area contributed by atoms with Crippen molar-refractivity contribution in [1.29, 1.82) is 0 Å². The molecule has 1 aliphatic rings. The molecule has 0 saturated heterocycles. The van der Waals surface area contributed by atoms with Crippen LogP contribution in [0.5, 0.6) is 0 Å². The predicted octanol–water partition coefficient (Wildman–Crippen LogP) is 5.87. The molecule has 1 N–H and O–H groups in total. The molecule has 0 radical (unpaired) electrons. The lowest BCUT2D eigenvalue weighted by Crippen LogP contribution is -2.43. The van der Waals surface area contributed by atoms with E-state index in [0.717, 1.165) is 19.4 Å². The Morgan fingerprint density at radius 3 is 2.63 bits per heavy atom. The van der Waals surface area contributed by atoms with Gasteiger partial charge in [0.15, 0.2) is 0 Å². The number of nitrogens with one attached hydrogen (secondary N) is 1. The number of amides is 1. The van der Waals surface area contributed by atoms with E-state index in [1.807, 2.05) is 0 Å². The summed E-state index contributed by atoms with van der Waals surface area (Å²) in [6, 6.07) is 17.4. The van der Waals surface area contributed by atoms with Crippen LogP contribution in [0, 0.1) is 18.8 Å². The van der Waals surface area contributed by atoms with E-state index in [0.29, 0.717) is 24.3 Å². The number of carbonyl (C=O) groups is 1. The highest BCUT2D eigenvalue weighted by molar-refractivity contribution is 5.85. The first-order valence-electron chi connectivity index (χ1n) is 11.4. The molecule has 1 amide bonds. The Hall–Kier alpha value is -2.55. The van der Waals surface area contributed by atoms with E-state index in [9.17, 15) is 4.79 Å². The van der Waals surface area contributed by atoms with Gasteiger partial charge >= 0.3 is 0 Å². The van der Waals surface area contributed by atoms with Gasteiger partial charge in [0.1, 0.15) is 0 Å². The molecule has 3 atom stereocenters. The summed E-state index contributed by atoms with van der Waals surface area (Å²) in [7, 11) is 0. The van der Waals surface area contributed by atoms with Gasteiger partial charge in [0.2, 0.25) is 5.91 Å². The molecule has 0 unspecified atom stereocenters. The second-order valence-corrected chi connectivity index (χ2v) is 9.17. The Morgan fingerprint density at radius 1 is 1.03 bits per heavy atom. The molecule has 1 aliphatic carbocycles. The standard InChI is InChI=1S/C27H34N2O/c1-19-10-8-13-25(21(19)3)28-27(30)16-15-23-18-29(26-14-7-6-12-24(23)26)17-22-11-5-4-9-20(22)2/h4-7,9,11-12,14,18-19,21,25H,8,10,13,15-17H2,1-3H3,(H,28,30)/t19-,21-,25-/m1/s1. The summed E-state index contributed by atoms with van der Waals surface area (Å²) in [4.78, 5) is 12.7. The maximum atomic E-state index is 12.7. The highest BCUT2D eigenvalue weighted by Crippen LogP contribution is 2.30. The van der Waals surface area contributed by atoms with Gasteiger partial charge in [0.05, 0.1) is 0 Å². The normalized spacial score (nSPS) is 21.6. The Bertz CT molecular complexity index is 1020. The Morgan fingerprint density at radius 2 is 1.80 bits per heavy atom. The quantitative estimate of drug-likeness (QED) is 0.549. The predicted molar refractivity (Wildman–Crippen MR) is 125 cm³/mol. The van der Waals surface area contributed by atoms with E-state index in [4.69, 9.17) is 0 Å². The average Bonchev–Trinajstić information content (AvgIpc) is 3.09. The first-order chi connectivity index (χ1) is 14.5. The molecule has 3 aromatic rings. The number of nitrogens with zero attached hydrogens (tertiary/aromatic N) is 1. The monoisotopic (exact) mass is 402 g/mol. The van der Waals surface area contributed by atoms with Crippen LogP contribution >= 0.6 is 0 Å². The molecule has 0 spiro atoms. The molecule has 1 saturated carbocycles. The van der Waals surface area contributed by atoms with Crippen molar-refractivity contribution >= 4 is 16.8 Å². The molecule has 3 heteroatoms. The number of fused-ring (bicyclic) bond motifs is 1. The maximum Gasteiger partial charge on any atom is 0.220 e. The number of hydrogen-bond acceptors (Lipinski definition) is 1. The van der Waals surface area contributed by atoms with Gasteiger partial charge < -0.3 is 9.88 Å². The molecule has 4 rings (SSSR count). The van der Waals surface area contributed by atoms with Gasteiger partial charge in [-0.15, -0.1) is 0 Å². The van der Waals surface area contributed by atoms with Crippen molar-refractivity contribution in [3.8, 4) is 0 Å². The smallest absolute Gasteiger partial charge is 0.220 e. The third-order valence-corrected chi connectivity index (χ3v) is 7.15. The van der Waals surface area contributed by atoms with Gasteiger partial charge in [-0.25, -0.2) is 0 Å². The van der Waals surface area contributed by atoms with Crippen LogP contribution in [-0.2, 0) is 17.8 Å². The zero-order chi connectivity index (χ0) is 21.1. The topological polar surface area (TPSA) is 34.0 Å². The van der Waals surface area contributed by atoms with Crippen molar-refractivity contribution in [3.63, 3.8) is 0 Å². The summed E-state index contributed by atoms with van der Waals surface area (Å²) in [5.74, 6) is 1.46. The molecule has 2 aromatic carbocycles. The Kier molecular flexibility index (Phi) is 6.26. The highest BCUT2D eigenvalue weighted by atomic mass is 16.1. The van der Waals surface area contributed by atoms with E-state index in [1.165, 1.54) is 40.4 Å². The van der Waals surface area contributed by atoms with Gasteiger partial charge in [-0.3, -0.25) is 4.79 Å². The van der Waals surface area contributed by atoms with E-state index in [1.54, 1.807) is 0 Å². The molecule has 1 fully saturated rings. The van der Waals surface area contributed by atoms with Crippen molar-refractivity contribution in [2.24, 2.45) is 11.8 Å². The van der Waals surface area contributed by atoms with Gasteiger partial charge in [0, 0.05) is 36.1 Å². The van der Waals surface area contributed by atoms with Crippen LogP contribution in [0.3, 0.4) is 0 Å². The minimum absolute atomic E-state index is 0.191. The van der Waals surface area contributed by atoms with E-state index in [2.05, 4.69) is 85.4 Å². The SMILES string of the molecule is Cc1ccccc1Cn1cc(CCC(=O)N[C@@H]2CCC[C@@H](C)[C@H]2C)c2ccccc21. The van der Waals surface area contributed by atoms with Crippen molar-refractivity contribution < 1.29 is 4.79 Å².